The number of morpholine rings is 1. The van der Waals surface area contributed by atoms with Gasteiger partial charge in [0.1, 0.15) is 0 Å². The third kappa shape index (κ3) is 4.99. The fourth-order valence-corrected chi connectivity index (χ4v) is 4.04. The lowest BCUT2D eigenvalue weighted by Gasteiger charge is -2.32. The predicted octanol–water partition coefficient (Wildman–Crippen LogP) is 1.24. The van der Waals surface area contributed by atoms with Crippen LogP contribution < -0.4 is 4.72 Å². The first kappa shape index (κ1) is 18.4. The van der Waals surface area contributed by atoms with E-state index >= 15 is 0 Å². The first-order valence-corrected chi connectivity index (χ1v) is 9.64. The first-order chi connectivity index (χ1) is 11.1. The molecule has 0 aliphatic carbocycles. The number of likely N-dealkylation sites (N-methyl/N-ethyl adjacent to an activating group) is 1. The van der Waals surface area contributed by atoms with Crippen molar-refractivity contribution in [3.8, 4) is 0 Å². The Bertz CT molecular complexity index is 555. The summed E-state index contributed by atoms with van der Waals surface area (Å²) in [6, 6.07) is 10.1. The molecular weight excluding hydrogens is 314 g/mol. The van der Waals surface area contributed by atoms with Crippen molar-refractivity contribution >= 4 is 10.2 Å². The maximum Gasteiger partial charge on any atom is 0.279 e. The highest BCUT2D eigenvalue weighted by Gasteiger charge is 2.26. The molecule has 1 aliphatic heterocycles. The quantitative estimate of drug-likeness (QED) is 0.773. The highest BCUT2D eigenvalue weighted by atomic mass is 32.2. The van der Waals surface area contributed by atoms with Gasteiger partial charge >= 0.3 is 0 Å². The lowest BCUT2D eigenvalue weighted by atomic mass is 10.1. The molecule has 7 heteroatoms. The molecule has 6 nitrogen and oxygen atoms in total. The fraction of sp³-hybridized carbons (Fsp3) is 0.625. The monoisotopic (exact) mass is 341 g/mol. The zero-order chi connectivity index (χ0) is 16.7. The predicted molar refractivity (Wildman–Crippen MR) is 91.4 cm³/mol. The van der Waals surface area contributed by atoms with Crippen LogP contribution in [0.2, 0.25) is 0 Å². The molecule has 130 valence electrons. The van der Waals surface area contributed by atoms with Gasteiger partial charge in [-0.3, -0.25) is 4.90 Å². The van der Waals surface area contributed by atoms with E-state index in [1.54, 1.807) is 0 Å². The first-order valence-electron chi connectivity index (χ1n) is 8.20. The van der Waals surface area contributed by atoms with Crippen molar-refractivity contribution in [2.24, 2.45) is 0 Å². The Morgan fingerprint density at radius 1 is 1.17 bits per heavy atom. The number of hydrogen-bond donors (Lipinski definition) is 1. The van der Waals surface area contributed by atoms with Crippen LogP contribution >= 0.6 is 0 Å². The average Bonchev–Trinajstić information content (AvgIpc) is 2.60. The third-order valence-corrected chi connectivity index (χ3v) is 5.78. The van der Waals surface area contributed by atoms with Crippen LogP contribution in [0.5, 0.6) is 0 Å². The van der Waals surface area contributed by atoms with Crippen LogP contribution in [0.15, 0.2) is 30.3 Å². The van der Waals surface area contributed by atoms with E-state index in [1.165, 1.54) is 4.31 Å². The lowest BCUT2D eigenvalue weighted by molar-refractivity contribution is 0.0723. The van der Waals surface area contributed by atoms with Crippen molar-refractivity contribution in [1.82, 2.24) is 13.9 Å². The van der Waals surface area contributed by atoms with Crippen LogP contribution in [0.3, 0.4) is 0 Å². The fourth-order valence-electron chi connectivity index (χ4n) is 2.86. The topological polar surface area (TPSA) is 61.9 Å². The molecule has 0 spiro atoms. The van der Waals surface area contributed by atoms with Crippen LogP contribution in [-0.4, -0.2) is 63.6 Å². The van der Waals surface area contributed by atoms with E-state index in [0.29, 0.717) is 32.8 Å². The molecule has 1 N–H and O–H groups in total. The van der Waals surface area contributed by atoms with Gasteiger partial charge in [0.15, 0.2) is 0 Å². The Labute approximate surface area is 139 Å². The van der Waals surface area contributed by atoms with Crippen molar-refractivity contribution in [2.75, 3.05) is 45.9 Å². The molecule has 1 atom stereocenters. The largest absolute Gasteiger partial charge is 0.379 e. The number of ether oxygens (including phenoxy) is 1. The number of benzene rings is 1. The van der Waals surface area contributed by atoms with Gasteiger partial charge < -0.3 is 4.74 Å². The second kappa shape index (κ2) is 8.75. The number of rotatable bonds is 8. The van der Waals surface area contributed by atoms with E-state index in [4.69, 9.17) is 4.74 Å². The zero-order valence-electron chi connectivity index (χ0n) is 13.9. The van der Waals surface area contributed by atoms with Crippen molar-refractivity contribution in [2.45, 2.75) is 19.9 Å². The number of nitrogens with zero attached hydrogens (tertiary/aromatic N) is 2. The average molecular weight is 341 g/mol. The Balaban J connectivity index is 2.08. The molecule has 1 saturated heterocycles. The molecule has 1 heterocycles. The van der Waals surface area contributed by atoms with Gasteiger partial charge in [0.05, 0.1) is 13.2 Å². The third-order valence-electron chi connectivity index (χ3n) is 4.21. The molecule has 1 fully saturated rings. The number of hydrogen-bond acceptors (Lipinski definition) is 4. The van der Waals surface area contributed by atoms with E-state index < -0.39 is 10.2 Å². The summed E-state index contributed by atoms with van der Waals surface area (Å²) in [5, 5.41) is 0. The van der Waals surface area contributed by atoms with Crippen molar-refractivity contribution in [3.05, 3.63) is 35.9 Å². The maximum atomic E-state index is 12.5. The minimum atomic E-state index is -3.46. The van der Waals surface area contributed by atoms with E-state index in [0.717, 1.165) is 18.7 Å². The normalized spacial score (nSPS) is 18.2. The van der Waals surface area contributed by atoms with Crippen LogP contribution in [0.25, 0.3) is 0 Å². The summed E-state index contributed by atoms with van der Waals surface area (Å²) in [6.45, 7) is 8.03. The van der Waals surface area contributed by atoms with Gasteiger partial charge in [0, 0.05) is 25.7 Å². The summed E-state index contributed by atoms with van der Waals surface area (Å²) in [4.78, 5) is 2.26. The van der Waals surface area contributed by atoms with Crippen molar-refractivity contribution in [1.29, 1.82) is 0 Å². The summed E-state index contributed by atoms with van der Waals surface area (Å²) in [5.41, 5.74) is 1.13. The summed E-state index contributed by atoms with van der Waals surface area (Å²) < 4.78 is 34.4. The van der Waals surface area contributed by atoms with Gasteiger partial charge in [-0.05, 0) is 18.7 Å². The van der Waals surface area contributed by atoms with E-state index in [9.17, 15) is 8.42 Å². The van der Waals surface area contributed by atoms with Gasteiger partial charge in [0.2, 0.25) is 0 Å². The van der Waals surface area contributed by atoms with Crippen LogP contribution in [-0.2, 0) is 14.9 Å². The molecule has 0 aromatic heterocycles. The van der Waals surface area contributed by atoms with E-state index in [2.05, 4.69) is 23.5 Å². The summed E-state index contributed by atoms with van der Waals surface area (Å²) >= 11 is 0. The highest BCUT2D eigenvalue weighted by Crippen LogP contribution is 2.20. The Morgan fingerprint density at radius 2 is 1.78 bits per heavy atom. The van der Waals surface area contributed by atoms with Gasteiger partial charge in [-0.15, -0.1) is 0 Å². The maximum absolute atomic E-state index is 12.5. The van der Waals surface area contributed by atoms with Crippen molar-refractivity contribution < 1.29 is 13.2 Å². The highest BCUT2D eigenvalue weighted by molar-refractivity contribution is 7.87. The van der Waals surface area contributed by atoms with Crippen LogP contribution in [0.1, 0.15) is 25.5 Å². The second-order valence-electron chi connectivity index (χ2n) is 5.51. The molecule has 1 aromatic rings. The SMILES string of the molecule is CCN(CC)C(CNS(=O)(=O)N1CCOCC1)c1ccccc1. The minimum Gasteiger partial charge on any atom is -0.379 e. The molecule has 1 aromatic carbocycles. The van der Waals surface area contributed by atoms with E-state index in [1.807, 2.05) is 30.3 Å². The molecule has 0 radical (unpaired) electrons. The second-order valence-corrected chi connectivity index (χ2v) is 7.27. The van der Waals surface area contributed by atoms with E-state index in [-0.39, 0.29) is 6.04 Å². The molecule has 0 bridgehead atoms. The minimum absolute atomic E-state index is 0.0296. The molecule has 1 aliphatic rings. The molecule has 0 amide bonds. The molecular formula is C16H27N3O3S. The molecule has 1 unspecified atom stereocenters. The van der Waals surface area contributed by atoms with Crippen LogP contribution in [0, 0.1) is 0 Å². The molecule has 23 heavy (non-hydrogen) atoms. The zero-order valence-corrected chi connectivity index (χ0v) is 14.8. The van der Waals surface area contributed by atoms with Gasteiger partial charge in [0.25, 0.3) is 10.2 Å². The smallest absolute Gasteiger partial charge is 0.279 e. The van der Waals surface area contributed by atoms with Gasteiger partial charge in [-0.1, -0.05) is 44.2 Å². The Kier molecular flexibility index (Phi) is 6.98. The van der Waals surface area contributed by atoms with Crippen molar-refractivity contribution in [3.63, 3.8) is 0 Å². The molecule has 2 rings (SSSR count). The van der Waals surface area contributed by atoms with Gasteiger partial charge in [-0.25, -0.2) is 4.72 Å². The Morgan fingerprint density at radius 3 is 2.35 bits per heavy atom. The summed E-state index contributed by atoms with van der Waals surface area (Å²) in [6.07, 6.45) is 0. The summed E-state index contributed by atoms with van der Waals surface area (Å²) in [7, 11) is -3.46. The lowest BCUT2D eigenvalue weighted by Crippen LogP contribution is -2.48. The van der Waals surface area contributed by atoms with Crippen LogP contribution in [0.4, 0.5) is 0 Å². The standard InChI is InChI=1S/C16H27N3O3S/c1-3-18(4-2)16(15-8-6-5-7-9-15)14-17-23(20,21)19-10-12-22-13-11-19/h5-9,16-17H,3-4,10-14H2,1-2H3. The summed E-state index contributed by atoms with van der Waals surface area (Å²) in [5.74, 6) is 0. The number of nitrogens with one attached hydrogen (secondary N) is 1. The van der Waals surface area contributed by atoms with Gasteiger partial charge in [-0.2, -0.15) is 12.7 Å². The molecule has 0 saturated carbocycles. The Hall–Kier alpha value is -0.990.